The monoisotopic (exact) mass is 450 g/mol. The van der Waals surface area contributed by atoms with E-state index in [0.717, 1.165) is 22.8 Å². The minimum absolute atomic E-state index is 0.0133. The Bertz CT molecular complexity index is 1420. The summed E-state index contributed by atoms with van der Waals surface area (Å²) in [5.41, 5.74) is -0.773. The van der Waals surface area contributed by atoms with Crippen molar-refractivity contribution in [2.24, 2.45) is 0 Å². The number of pyridine rings is 2. The van der Waals surface area contributed by atoms with E-state index in [-0.39, 0.29) is 23.6 Å². The van der Waals surface area contributed by atoms with Gasteiger partial charge in [0, 0.05) is 18.5 Å². The molecule has 2 aromatic heterocycles. The van der Waals surface area contributed by atoms with Crippen LogP contribution in [0, 0.1) is 11.6 Å². The fraction of sp³-hybridized carbons (Fsp3) is 0.0833. The summed E-state index contributed by atoms with van der Waals surface area (Å²) in [6.45, 7) is 1.54. The van der Waals surface area contributed by atoms with Gasteiger partial charge in [0.05, 0.1) is 23.3 Å². The Labute approximate surface area is 185 Å². The largest absolute Gasteiger partial charge is 0.449 e. The first-order valence-corrected chi connectivity index (χ1v) is 9.84. The van der Waals surface area contributed by atoms with Gasteiger partial charge in [-0.2, -0.15) is 0 Å². The van der Waals surface area contributed by atoms with Gasteiger partial charge >= 0.3 is 12.1 Å². The van der Waals surface area contributed by atoms with Gasteiger partial charge in [-0.05, 0) is 61.0 Å². The summed E-state index contributed by atoms with van der Waals surface area (Å²) in [6.07, 6.45) is 1.90. The van der Waals surface area contributed by atoms with Gasteiger partial charge in [0.1, 0.15) is 22.9 Å². The summed E-state index contributed by atoms with van der Waals surface area (Å²) in [5.74, 6) is -2.35. The third-order valence-electron chi connectivity index (χ3n) is 4.76. The van der Waals surface area contributed by atoms with E-state index in [1.54, 1.807) is 19.1 Å². The van der Waals surface area contributed by atoms with E-state index in [1.807, 2.05) is 0 Å². The molecule has 0 spiro atoms. The quantitative estimate of drug-likeness (QED) is 0.335. The molecule has 4 rings (SSSR count). The van der Waals surface area contributed by atoms with Crippen molar-refractivity contribution in [3.05, 3.63) is 94.4 Å². The smallest absolute Gasteiger partial charge is 0.419 e. The van der Waals surface area contributed by atoms with Crippen LogP contribution in [0.15, 0.2) is 71.8 Å². The van der Waals surface area contributed by atoms with Gasteiger partial charge in [-0.25, -0.2) is 22.9 Å². The summed E-state index contributed by atoms with van der Waals surface area (Å²) < 4.78 is 40.1. The lowest BCUT2D eigenvalue weighted by Gasteiger charge is -2.16. The van der Waals surface area contributed by atoms with Crippen molar-refractivity contribution in [2.75, 3.05) is 6.61 Å². The maximum Gasteiger partial charge on any atom is 0.419 e. The van der Waals surface area contributed by atoms with Gasteiger partial charge in [-0.1, -0.05) is 0 Å². The maximum atomic E-state index is 14.7. The van der Waals surface area contributed by atoms with E-state index in [9.17, 15) is 23.2 Å². The molecule has 0 bridgehead atoms. The van der Waals surface area contributed by atoms with Crippen LogP contribution in [0.5, 0.6) is 5.75 Å². The molecule has 166 valence electrons. The second-order valence-corrected chi connectivity index (χ2v) is 6.84. The molecule has 0 N–H and O–H groups in total. The average Bonchev–Trinajstić information content (AvgIpc) is 2.82. The predicted molar refractivity (Wildman–Crippen MR) is 115 cm³/mol. The molecule has 0 radical (unpaired) electrons. The van der Waals surface area contributed by atoms with Gasteiger partial charge < -0.3 is 9.47 Å². The number of fused-ring (bicyclic) bond motifs is 1. The summed E-state index contributed by atoms with van der Waals surface area (Å²) in [5, 5.41) is -0.561. The van der Waals surface area contributed by atoms with Gasteiger partial charge in [0.15, 0.2) is 5.43 Å². The van der Waals surface area contributed by atoms with E-state index < -0.39 is 40.0 Å². The van der Waals surface area contributed by atoms with Crippen LogP contribution in [-0.4, -0.2) is 28.2 Å². The lowest BCUT2D eigenvalue weighted by atomic mass is 10.1. The molecule has 4 aromatic rings. The molecule has 2 heterocycles. The number of carbonyl (C=O) groups excluding carboxylic acids is 2. The van der Waals surface area contributed by atoms with E-state index in [4.69, 9.17) is 9.47 Å². The average molecular weight is 450 g/mol. The molecular formula is C24H16F2N2O5. The predicted octanol–water partition coefficient (Wildman–Crippen LogP) is 4.57. The molecule has 0 unspecified atom stereocenters. The second-order valence-electron chi connectivity index (χ2n) is 6.84. The highest BCUT2D eigenvalue weighted by molar-refractivity contribution is 5.93. The first-order valence-electron chi connectivity index (χ1n) is 9.84. The highest BCUT2D eigenvalue weighted by Gasteiger charge is 2.22. The number of carbonyl (C=O) groups is 2. The van der Waals surface area contributed by atoms with E-state index >= 15 is 0 Å². The first-order chi connectivity index (χ1) is 15.9. The van der Waals surface area contributed by atoms with Crippen LogP contribution in [0.4, 0.5) is 13.6 Å². The number of ether oxygens (including phenoxy) is 2. The highest BCUT2D eigenvalue weighted by Crippen LogP contribution is 2.28. The summed E-state index contributed by atoms with van der Waals surface area (Å²) in [6, 6.07) is 11.6. The first kappa shape index (κ1) is 21.8. The van der Waals surface area contributed by atoms with Gasteiger partial charge in [-0.3, -0.25) is 9.78 Å². The maximum absolute atomic E-state index is 14.7. The molecule has 0 atom stereocenters. The zero-order chi connectivity index (χ0) is 23.5. The molecule has 0 saturated carbocycles. The van der Waals surface area contributed by atoms with Crippen molar-refractivity contribution < 1.29 is 27.8 Å². The number of halogens is 2. The van der Waals surface area contributed by atoms with Crippen LogP contribution in [0.3, 0.4) is 0 Å². The molecule has 33 heavy (non-hydrogen) atoms. The number of hydrogen-bond donors (Lipinski definition) is 0. The van der Waals surface area contributed by atoms with Gasteiger partial charge in [0.2, 0.25) is 0 Å². The highest BCUT2D eigenvalue weighted by atomic mass is 19.1. The van der Waals surface area contributed by atoms with Crippen LogP contribution in [-0.2, 0) is 4.74 Å². The molecular weight excluding hydrogens is 434 g/mol. The van der Waals surface area contributed by atoms with Crippen molar-refractivity contribution >= 4 is 23.0 Å². The van der Waals surface area contributed by atoms with Crippen LogP contribution in [0.1, 0.15) is 17.3 Å². The van der Waals surface area contributed by atoms with Crippen LogP contribution in [0.25, 0.3) is 22.2 Å². The van der Waals surface area contributed by atoms with E-state index in [1.165, 1.54) is 36.7 Å². The number of esters is 1. The summed E-state index contributed by atoms with van der Waals surface area (Å²) >= 11 is 0. The SMILES string of the molecule is CCOC(=O)n1c(-c2ccc(OC(=O)c3cccnc3)cc2)cc(=O)c2c(F)ccc(F)c21. The normalized spacial score (nSPS) is 10.8. The van der Waals surface area contributed by atoms with E-state index in [0.29, 0.717) is 5.56 Å². The van der Waals surface area contributed by atoms with Crippen LogP contribution < -0.4 is 10.2 Å². The fourth-order valence-corrected chi connectivity index (χ4v) is 3.31. The number of aromatic nitrogens is 2. The minimum Gasteiger partial charge on any atom is -0.449 e. The van der Waals surface area contributed by atoms with Crippen molar-refractivity contribution in [3.8, 4) is 17.0 Å². The minimum atomic E-state index is -0.978. The van der Waals surface area contributed by atoms with Crippen LogP contribution in [0.2, 0.25) is 0 Å². The molecule has 0 amide bonds. The molecule has 0 saturated heterocycles. The third kappa shape index (κ3) is 4.20. The Hall–Kier alpha value is -4.40. The van der Waals surface area contributed by atoms with Crippen molar-refractivity contribution in [1.29, 1.82) is 0 Å². The molecule has 0 aliphatic rings. The molecule has 9 heteroatoms. The van der Waals surface area contributed by atoms with Gasteiger partial charge in [0.25, 0.3) is 0 Å². The Balaban J connectivity index is 1.80. The molecule has 0 aliphatic carbocycles. The Morgan fingerprint density at radius 2 is 1.76 bits per heavy atom. The zero-order valence-corrected chi connectivity index (χ0v) is 17.2. The topological polar surface area (TPSA) is 87.5 Å². The summed E-state index contributed by atoms with van der Waals surface area (Å²) in [7, 11) is 0. The third-order valence-corrected chi connectivity index (χ3v) is 4.76. The summed E-state index contributed by atoms with van der Waals surface area (Å²) in [4.78, 5) is 41.3. The zero-order valence-electron chi connectivity index (χ0n) is 17.2. The number of benzene rings is 2. The number of nitrogens with zero attached hydrogens (tertiary/aromatic N) is 2. The molecule has 0 aliphatic heterocycles. The van der Waals surface area contributed by atoms with E-state index in [2.05, 4.69) is 4.98 Å². The fourth-order valence-electron chi connectivity index (χ4n) is 3.31. The lowest BCUT2D eigenvalue weighted by molar-refractivity contribution is 0.0734. The standard InChI is InChI=1S/C24H16F2N2O5/c1-2-32-24(31)28-19(12-20(29)21-17(25)9-10-18(26)22(21)28)14-5-7-16(8-6-14)33-23(30)15-4-3-11-27-13-15/h3-13H,2H2,1H3. The Kier molecular flexibility index (Phi) is 5.95. The van der Waals surface area contributed by atoms with Crippen molar-refractivity contribution in [2.45, 2.75) is 6.92 Å². The number of rotatable bonds is 4. The number of hydrogen-bond acceptors (Lipinski definition) is 6. The second kappa shape index (κ2) is 8.99. The Morgan fingerprint density at radius 3 is 2.42 bits per heavy atom. The van der Waals surface area contributed by atoms with Crippen molar-refractivity contribution in [3.63, 3.8) is 0 Å². The van der Waals surface area contributed by atoms with Crippen LogP contribution >= 0.6 is 0 Å². The molecule has 2 aromatic carbocycles. The van der Waals surface area contributed by atoms with Crippen molar-refractivity contribution in [1.82, 2.24) is 9.55 Å². The molecule has 7 nitrogen and oxygen atoms in total. The van der Waals surface area contributed by atoms with Gasteiger partial charge in [-0.15, -0.1) is 0 Å². The molecule has 0 fully saturated rings. The Morgan fingerprint density at radius 1 is 1.03 bits per heavy atom. The lowest BCUT2D eigenvalue weighted by Crippen LogP contribution is -2.21.